The van der Waals surface area contributed by atoms with E-state index in [1.165, 1.54) is 12.1 Å². The van der Waals surface area contributed by atoms with E-state index in [0.29, 0.717) is 5.88 Å². The van der Waals surface area contributed by atoms with Crippen molar-refractivity contribution in [3.05, 3.63) is 53.7 Å². The number of benzene rings is 1. The molecular weight excluding hydrogens is 373 g/mol. The lowest BCUT2D eigenvalue weighted by molar-refractivity contribution is -0.137. The summed E-state index contributed by atoms with van der Waals surface area (Å²) in [5.74, 6) is 0.309. The van der Waals surface area contributed by atoms with Gasteiger partial charge in [0.05, 0.1) is 5.56 Å². The summed E-state index contributed by atoms with van der Waals surface area (Å²) < 4.78 is 48.8. The highest BCUT2D eigenvalue weighted by Gasteiger charge is 2.30. The highest BCUT2D eigenvalue weighted by atomic mass is 19.4. The Kier molecular flexibility index (Phi) is 6.38. The van der Waals surface area contributed by atoms with E-state index in [2.05, 4.69) is 10.3 Å². The second kappa shape index (κ2) is 8.95. The van der Waals surface area contributed by atoms with Crippen LogP contribution in [0.4, 0.5) is 13.2 Å². The normalized spacial score (nSPS) is 14.7. The molecule has 0 unspecified atom stereocenters. The minimum Gasteiger partial charge on any atom is -0.484 e. The van der Waals surface area contributed by atoms with E-state index in [1.54, 1.807) is 12.3 Å². The van der Waals surface area contributed by atoms with Gasteiger partial charge in [-0.1, -0.05) is 6.07 Å². The van der Waals surface area contributed by atoms with Crippen molar-refractivity contribution in [2.75, 3.05) is 6.61 Å². The summed E-state index contributed by atoms with van der Waals surface area (Å²) in [7, 11) is 0. The number of pyridine rings is 1. The first-order valence-electron chi connectivity index (χ1n) is 9.09. The zero-order valence-corrected chi connectivity index (χ0v) is 15.2. The van der Waals surface area contributed by atoms with Crippen LogP contribution >= 0.6 is 0 Å². The summed E-state index contributed by atoms with van der Waals surface area (Å²) in [6, 6.07) is 7.79. The van der Waals surface area contributed by atoms with E-state index in [-0.39, 0.29) is 25.0 Å². The molecule has 1 N–H and O–H groups in total. The van der Waals surface area contributed by atoms with Crippen LogP contribution in [0.3, 0.4) is 0 Å². The van der Waals surface area contributed by atoms with Gasteiger partial charge in [-0.05, 0) is 56.0 Å². The second-order valence-corrected chi connectivity index (χ2v) is 6.58. The van der Waals surface area contributed by atoms with Gasteiger partial charge in [0.25, 0.3) is 5.91 Å². The lowest BCUT2D eigenvalue weighted by Gasteiger charge is -2.15. The average molecular weight is 394 g/mol. The number of hydrogen-bond acceptors (Lipinski definition) is 4. The molecule has 0 atom stereocenters. The number of alkyl halides is 3. The van der Waals surface area contributed by atoms with E-state index in [0.717, 1.165) is 43.4 Å². The molecule has 3 rings (SSSR count). The Morgan fingerprint density at radius 3 is 2.54 bits per heavy atom. The molecule has 1 amide bonds. The van der Waals surface area contributed by atoms with E-state index in [9.17, 15) is 18.0 Å². The number of rotatable bonds is 7. The minimum absolute atomic E-state index is 0.160. The van der Waals surface area contributed by atoms with Crippen molar-refractivity contribution >= 4 is 5.91 Å². The van der Waals surface area contributed by atoms with Crippen molar-refractivity contribution in [1.82, 2.24) is 10.3 Å². The van der Waals surface area contributed by atoms with Crippen LogP contribution in [-0.2, 0) is 17.5 Å². The molecule has 28 heavy (non-hydrogen) atoms. The molecule has 2 aromatic rings. The van der Waals surface area contributed by atoms with Gasteiger partial charge >= 0.3 is 6.18 Å². The fourth-order valence-corrected chi connectivity index (χ4v) is 2.96. The molecule has 1 saturated carbocycles. The Hall–Kier alpha value is -2.77. The SMILES string of the molecule is O=C(COc1ccc(C(F)(F)F)cc1)NCc1cccnc1OC1CCCC1. The fraction of sp³-hybridized carbons (Fsp3) is 0.400. The first-order chi connectivity index (χ1) is 13.4. The molecule has 1 aliphatic rings. The molecule has 0 radical (unpaired) electrons. The standard InChI is InChI=1S/C20H21F3N2O3/c21-20(22,23)15-7-9-16(10-8-15)27-13-18(26)25-12-14-4-3-11-24-19(14)28-17-5-1-2-6-17/h3-4,7-11,17H,1-2,5-6,12-13H2,(H,25,26). The van der Waals surface area contributed by atoms with Gasteiger partial charge in [-0.15, -0.1) is 0 Å². The number of hydrogen-bond donors (Lipinski definition) is 1. The van der Waals surface area contributed by atoms with Crippen molar-refractivity contribution in [3.8, 4) is 11.6 Å². The van der Waals surface area contributed by atoms with Crippen LogP contribution in [0.2, 0.25) is 0 Å². The van der Waals surface area contributed by atoms with Gasteiger partial charge in [0.1, 0.15) is 11.9 Å². The summed E-state index contributed by atoms with van der Waals surface area (Å²) in [6.07, 6.45) is 1.69. The quantitative estimate of drug-likeness (QED) is 0.768. The smallest absolute Gasteiger partial charge is 0.416 e. The van der Waals surface area contributed by atoms with E-state index < -0.39 is 17.6 Å². The third kappa shape index (κ3) is 5.61. The second-order valence-electron chi connectivity index (χ2n) is 6.58. The predicted molar refractivity (Wildman–Crippen MR) is 95.9 cm³/mol. The Morgan fingerprint density at radius 2 is 1.86 bits per heavy atom. The molecule has 5 nitrogen and oxygen atoms in total. The number of aromatic nitrogens is 1. The molecule has 1 heterocycles. The molecule has 150 valence electrons. The summed E-state index contributed by atoms with van der Waals surface area (Å²) >= 11 is 0. The maximum Gasteiger partial charge on any atom is 0.416 e. The number of ether oxygens (including phenoxy) is 2. The van der Waals surface area contributed by atoms with Crippen molar-refractivity contribution in [1.29, 1.82) is 0 Å². The molecule has 0 saturated heterocycles. The zero-order valence-electron chi connectivity index (χ0n) is 15.2. The van der Waals surface area contributed by atoms with Crippen molar-refractivity contribution in [2.45, 2.75) is 44.5 Å². The number of nitrogens with zero attached hydrogens (tertiary/aromatic N) is 1. The molecule has 1 aromatic heterocycles. The van der Waals surface area contributed by atoms with E-state index in [4.69, 9.17) is 9.47 Å². The molecule has 0 aliphatic heterocycles. The molecule has 0 spiro atoms. The number of amides is 1. The third-order valence-corrected chi connectivity index (χ3v) is 4.46. The number of carbonyl (C=O) groups is 1. The van der Waals surface area contributed by atoms with Gasteiger partial charge in [0.15, 0.2) is 6.61 Å². The zero-order chi connectivity index (χ0) is 20.0. The third-order valence-electron chi connectivity index (χ3n) is 4.46. The molecule has 1 aromatic carbocycles. The van der Waals surface area contributed by atoms with Gasteiger partial charge in [-0.2, -0.15) is 13.2 Å². The summed E-state index contributed by atoms with van der Waals surface area (Å²) in [6.45, 7) is -0.0739. The first kappa shape index (κ1) is 20.0. The maximum absolute atomic E-state index is 12.5. The lowest BCUT2D eigenvalue weighted by atomic mass is 10.2. The van der Waals surface area contributed by atoms with E-state index in [1.807, 2.05) is 6.07 Å². The van der Waals surface area contributed by atoms with Crippen LogP contribution in [-0.4, -0.2) is 23.6 Å². The largest absolute Gasteiger partial charge is 0.484 e. The van der Waals surface area contributed by atoms with Gasteiger partial charge in [-0.3, -0.25) is 4.79 Å². The van der Waals surface area contributed by atoms with Crippen LogP contribution in [0, 0.1) is 0 Å². The number of halogens is 3. The summed E-state index contributed by atoms with van der Waals surface area (Å²) in [5, 5.41) is 2.71. The van der Waals surface area contributed by atoms with Crippen molar-refractivity contribution in [2.24, 2.45) is 0 Å². The average Bonchev–Trinajstić information content (AvgIpc) is 3.18. The molecule has 1 aliphatic carbocycles. The van der Waals surface area contributed by atoms with Crippen LogP contribution in [0.25, 0.3) is 0 Å². The summed E-state index contributed by atoms with van der Waals surface area (Å²) in [4.78, 5) is 16.2. The van der Waals surface area contributed by atoms with Gasteiger partial charge < -0.3 is 14.8 Å². The summed E-state index contributed by atoms with van der Waals surface area (Å²) in [5.41, 5.74) is -0.00653. The monoisotopic (exact) mass is 394 g/mol. The minimum atomic E-state index is -4.40. The Labute approximate surface area is 160 Å². The topological polar surface area (TPSA) is 60.5 Å². The van der Waals surface area contributed by atoms with Crippen LogP contribution < -0.4 is 14.8 Å². The number of nitrogens with one attached hydrogen (secondary N) is 1. The van der Waals surface area contributed by atoms with Crippen molar-refractivity contribution in [3.63, 3.8) is 0 Å². The Bertz CT molecular complexity index is 788. The highest BCUT2D eigenvalue weighted by molar-refractivity contribution is 5.77. The lowest BCUT2D eigenvalue weighted by Crippen LogP contribution is -2.29. The first-order valence-corrected chi connectivity index (χ1v) is 9.09. The van der Waals surface area contributed by atoms with Crippen LogP contribution in [0.15, 0.2) is 42.6 Å². The predicted octanol–water partition coefficient (Wildman–Crippen LogP) is 4.12. The van der Waals surface area contributed by atoms with Crippen molar-refractivity contribution < 1.29 is 27.4 Å². The Morgan fingerprint density at radius 1 is 1.14 bits per heavy atom. The molecule has 1 fully saturated rings. The molecule has 8 heteroatoms. The van der Waals surface area contributed by atoms with Crippen LogP contribution in [0.1, 0.15) is 36.8 Å². The van der Waals surface area contributed by atoms with Crippen LogP contribution in [0.5, 0.6) is 11.6 Å². The van der Waals surface area contributed by atoms with Gasteiger partial charge in [-0.25, -0.2) is 4.98 Å². The van der Waals surface area contributed by atoms with E-state index >= 15 is 0 Å². The fourth-order valence-electron chi connectivity index (χ4n) is 2.96. The Balaban J connectivity index is 1.48. The van der Waals surface area contributed by atoms with Gasteiger partial charge in [0, 0.05) is 18.3 Å². The molecular formula is C20H21F3N2O3. The highest BCUT2D eigenvalue weighted by Crippen LogP contribution is 2.30. The van der Waals surface area contributed by atoms with Gasteiger partial charge in [0.2, 0.25) is 5.88 Å². The number of carbonyl (C=O) groups excluding carboxylic acids is 1. The maximum atomic E-state index is 12.5. The molecule has 0 bridgehead atoms.